The first-order valence-corrected chi connectivity index (χ1v) is 7.04. The Balaban J connectivity index is 1.84. The van der Waals surface area contributed by atoms with Crippen molar-refractivity contribution in [3.8, 4) is 0 Å². The number of rotatable bonds is 5. The van der Waals surface area contributed by atoms with Crippen LogP contribution in [0.2, 0.25) is 10.0 Å². The first-order chi connectivity index (χ1) is 10.0. The van der Waals surface area contributed by atoms with Gasteiger partial charge in [0.25, 0.3) is 0 Å². The lowest BCUT2D eigenvalue weighted by Gasteiger charge is -2.09. The maximum atomic E-state index is 13.0. The molecule has 0 radical (unpaired) electrons. The van der Waals surface area contributed by atoms with Crippen LogP contribution in [0.25, 0.3) is 0 Å². The maximum absolute atomic E-state index is 13.0. The first kappa shape index (κ1) is 15.6. The third-order valence-corrected chi connectivity index (χ3v) is 3.27. The second-order valence-electron chi connectivity index (χ2n) is 4.36. The molecule has 0 atom stereocenters. The number of carbonyl (C=O) groups excluding carboxylic acids is 1. The van der Waals surface area contributed by atoms with Crippen LogP contribution in [0.5, 0.6) is 0 Å². The van der Waals surface area contributed by atoms with Gasteiger partial charge in [0.1, 0.15) is 5.82 Å². The van der Waals surface area contributed by atoms with E-state index in [2.05, 4.69) is 10.6 Å². The molecule has 2 N–H and O–H groups in total. The number of halogens is 3. The summed E-state index contributed by atoms with van der Waals surface area (Å²) in [5.74, 6) is -0.529. The van der Waals surface area contributed by atoms with Gasteiger partial charge in [-0.2, -0.15) is 0 Å². The van der Waals surface area contributed by atoms with Gasteiger partial charge < -0.3 is 10.6 Å². The summed E-state index contributed by atoms with van der Waals surface area (Å²) in [6.45, 7) is 0.382. The van der Waals surface area contributed by atoms with Crippen LogP contribution in [-0.2, 0) is 4.79 Å². The molecule has 0 saturated heterocycles. The van der Waals surface area contributed by atoms with Crippen LogP contribution in [0.1, 0.15) is 6.42 Å². The Labute approximate surface area is 132 Å². The molecular formula is C15H13Cl2FN2O. The number of carbonyl (C=O) groups is 1. The van der Waals surface area contributed by atoms with E-state index in [9.17, 15) is 9.18 Å². The molecule has 3 nitrogen and oxygen atoms in total. The van der Waals surface area contributed by atoms with E-state index in [1.807, 2.05) is 0 Å². The van der Waals surface area contributed by atoms with Crippen molar-refractivity contribution >= 4 is 40.5 Å². The maximum Gasteiger partial charge on any atom is 0.226 e. The number of hydrogen-bond acceptors (Lipinski definition) is 2. The lowest BCUT2D eigenvalue weighted by atomic mass is 10.3. The molecule has 0 fully saturated rings. The molecule has 110 valence electrons. The summed E-state index contributed by atoms with van der Waals surface area (Å²) in [6.07, 6.45) is 0.222. The highest BCUT2D eigenvalue weighted by Crippen LogP contribution is 2.25. The zero-order valence-corrected chi connectivity index (χ0v) is 12.5. The summed E-state index contributed by atoms with van der Waals surface area (Å²) >= 11 is 11.8. The number of anilines is 2. The van der Waals surface area contributed by atoms with Crippen molar-refractivity contribution in [3.63, 3.8) is 0 Å². The van der Waals surface area contributed by atoms with Gasteiger partial charge in [0.05, 0.1) is 10.7 Å². The van der Waals surface area contributed by atoms with Crippen LogP contribution < -0.4 is 10.6 Å². The molecule has 2 rings (SSSR count). The predicted molar refractivity (Wildman–Crippen MR) is 84.6 cm³/mol. The van der Waals surface area contributed by atoms with Crippen molar-refractivity contribution in [2.75, 3.05) is 17.2 Å². The molecule has 0 heterocycles. The second kappa shape index (κ2) is 7.29. The Bertz CT molecular complexity index is 649. The van der Waals surface area contributed by atoms with Crippen molar-refractivity contribution in [2.24, 2.45) is 0 Å². The Kier molecular flexibility index (Phi) is 5.42. The average Bonchev–Trinajstić information content (AvgIpc) is 2.43. The van der Waals surface area contributed by atoms with Crippen LogP contribution in [0.3, 0.4) is 0 Å². The van der Waals surface area contributed by atoms with Gasteiger partial charge in [0.2, 0.25) is 5.91 Å². The molecule has 6 heteroatoms. The van der Waals surface area contributed by atoms with E-state index >= 15 is 0 Å². The number of hydrogen-bond donors (Lipinski definition) is 2. The second-order valence-corrected chi connectivity index (χ2v) is 5.20. The first-order valence-electron chi connectivity index (χ1n) is 6.29. The molecular weight excluding hydrogens is 314 g/mol. The fraction of sp³-hybridized carbons (Fsp3) is 0.133. The SMILES string of the molecule is O=C(CCNc1cccc(F)c1)Nc1cc(Cl)ccc1Cl. The number of amides is 1. The van der Waals surface area contributed by atoms with Crippen molar-refractivity contribution in [2.45, 2.75) is 6.42 Å². The van der Waals surface area contributed by atoms with E-state index in [0.717, 1.165) is 0 Å². The molecule has 0 aliphatic carbocycles. The topological polar surface area (TPSA) is 41.1 Å². The third-order valence-electron chi connectivity index (χ3n) is 2.71. The minimum Gasteiger partial charge on any atom is -0.384 e. The van der Waals surface area contributed by atoms with Crippen LogP contribution in [-0.4, -0.2) is 12.5 Å². The van der Waals surface area contributed by atoms with Crippen molar-refractivity contribution in [3.05, 3.63) is 58.3 Å². The molecule has 0 aromatic heterocycles. The molecule has 2 aromatic rings. The van der Waals surface area contributed by atoms with Crippen LogP contribution in [0, 0.1) is 5.82 Å². The smallest absolute Gasteiger partial charge is 0.226 e. The van der Waals surface area contributed by atoms with Crippen LogP contribution >= 0.6 is 23.2 Å². The van der Waals surface area contributed by atoms with Gasteiger partial charge in [-0.3, -0.25) is 4.79 Å². The molecule has 0 saturated carbocycles. The normalized spacial score (nSPS) is 10.2. The Morgan fingerprint density at radius 2 is 1.95 bits per heavy atom. The van der Waals surface area contributed by atoms with Gasteiger partial charge in [-0.05, 0) is 36.4 Å². The minimum absolute atomic E-state index is 0.205. The molecule has 0 aliphatic heterocycles. The largest absolute Gasteiger partial charge is 0.384 e. The van der Waals surface area contributed by atoms with Crippen LogP contribution in [0.4, 0.5) is 15.8 Å². The number of benzene rings is 2. The lowest BCUT2D eigenvalue weighted by molar-refractivity contribution is -0.115. The Morgan fingerprint density at radius 1 is 1.14 bits per heavy atom. The van der Waals surface area contributed by atoms with Crippen molar-refractivity contribution in [1.82, 2.24) is 0 Å². The van der Waals surface area contributed by atoms with E-state index in [-0.39, 0.29) is 18.1 Å². The highest BCUT2D eigenvalue weighted by molar-refractivity contribution is 6.35. The molecule has 1 amide bonds. The summed E-state index contributed by atoms with van der Waals surface area (Å²) in [4.78, 5) is 11.8. The van der Waals surface area contributed by atoms with Gasteiger partial charge in [0.15, 0.2) is 0 Å². The minimum atomic E-state index is -0.324. The van der Waals surface area contributed by atoms with Gasteiger partial charge in [0, 0.05) is 23.7 Å². The number of nitrogens with one attached hydrogen (secondary N) is 2. The molecule has 0 aliphatic rings. The third kappa shape index (κ3) is 4.92. The van der Waals surface area contributed by atoms with E-state index in [0.29, 0.717) is 28.0 Å². The monoisotopic (exact) mass is 326 g/mol. The molecule has 0 spiro atoms. The molecule has 2 aromatic carbocycles. The molecule has 0 bridgehead atoms. The lowest BCUT2D eigenvalue weighted by Crippen LogP contribution is -2.16. The van der Waals surface area contributed by atoms with Gasteiger partial charge in [-0.1, -0.05) is 29.3 Å². The highest BCUT2D eigenvalue weighted by Gasteiger charge is 2.06. The summed E-state index contributed by atoms with van der Waals surface area (Å²) in [6, 6.07) is 10.9. The zero-order valence-electron chi connectivity index (χ0n) is 11.0. The summed E-state index contributed by atoms with van der Waals surface area (Å²) in [7, 11) is 0. The summed E-state index contributed by atoms with van der Waals surface area (Å²) < 4.78 is 13.0. The summed E-state index contributed by atoms with van der Waals surface area (Å²) in [5, 5.41) is 6.56. The quantitative estimate of drug-likeness (QED) is 0.844. The van der Waals surface area contributed by atoms with E-state index in [4.69, 9.17) is 23.2 Å². The Hall–Kier alpha value is -1.78. The fourth-order valence-electron chi connectivity index (χ4n) is 1.72. The van der Waals surface area contributed by atoms with Gasteiger partial charge in [-0.25, -0.2) is 4.39 Å². The van der Waals surface area contributed by atoms with Crippen molar-refractivity contribution in [1.29, 1.82) is 0 Å². The average molecular weight is 327 g/mol. The highest BCUT2D eigenvalue weighted by atomic mass is 35.5. The van der Waals surface area contributed by atoms with E-state index in [1.54, 1.807) is 30.3 Å². The molecule has 0 unspecified atom stereocenters. The predicted octanol–water partition coefficient (Wildman–Crippen LogP) is 4.57. The van der Waals surface area contributed by atoms with Gasteiger partial charge in [-0.15, -0.1) is 0 Å². The summed E-state index contributed by atoms with van der Waals surface area (Å²) in [5.41, 5.74) is 1.10. The van der Waals surface area contributed by atoms with E-state index < -0.39 is 0 Å². The molecule has 21 heavy (non-hydrogen) atoms. The zero-order chi connectivity index (χ0) is 15.2. The van der Waals surface area contributed by atoms with Crippen molar-refractivity contribution < 1.29 is 9.18 Å². The van der Waals surface area contributed by atoms with Crippen LogP contribution in [0.15, 0.2) is 42.5 Å². The standard InChI is InChI=1S/C15H13Cl2FN2O/c16-10-4-5-13(17)14(8-10)20-15(21)6-7-19-12-3-1-2-11(18)9-12/h1-5,8-9,19H,6-7H2,(H,20,21). The fourth-order valence-corrected chi connectivity index (χ4v) is 2.06. The van der Waals surface area contributed by atoms with E-state index in [1.165, 1.54) is 12.1 Å². The van der Waals surface area contributed by atoms with Gasteiger partial charge >= 0.3 is 0 Å². The Morgan fingerprint density at radius 3 is 2.71 bits per heavy atom.